The van der Waals surface area contributed by atoms with E-state index in [9.17, 15) is 4.79 Å². The van der Waals surface area contributed by atoms with Crippen LogP contribution in [0.4, 0.5) is 5.69 Å². The molecule has 17 heavy (non-hydrogen) atoms. The lowest BCUT2D eigenvalue weighted by atomic mass is 10.2. The summed E-state index contributed by atoms with van der Waals surface area (Å²) in [5, 5.41) is 15.6. The molecule has 0 amide bonds. The van der Waals surface area contributed by atoms with Gasteiger partial charge in [0.15, 0.2) is 5.82 Å². The summed E-state index contributed by atoms with van der Waals surface area (Å²) in [5.41, 5.74) is 0.736. The second kappa shape index (κ2) is 4.65. The zero-order valence-corrected chi connectivity index (χ0v) is 9.17. The number of rotatable bonds is 4. The summed E-state index contributed by atoms with van der Waals surface area (Å²) in [7, 11) is 0. The molecule has 2 rings (SSSR count). The highest BCUT2D eigenvalue weighted by Gasteiger charge is 2.09. The number of hydrogen-bond acceptors (Lipinski definition) is 5. The standard InChI is InChI=1S/C11H11N3O3/c1-7-13-10(17-14-7)6-12-9-5-3-2-4-8(9)11(15)16/h2-5,12H,6H2,1H3,(H,15,16). The topological polar surface area (TPSA) is 88.2 Å². The van der Waals surface area contributed by atoms with E-state index in [-0.39, 0.29) is 5.56 Å². The molecule has 0 saturated carbocycles. The average Bonchev–Trinajstić information content (AvgIpc) is 2.73. The second-order valence-corrected chi connectivity index (χ2v) is 3.44. The molecule has 0 fully saturated rings. The Kier molecular flexibility index (Phi) is 3.04. The number of hydrogen-bond donors (Lipinski definition) is 2. The number of nitrogens with zero attached hydrogens (tertiary/aromatic N) is 2. The molecule has 6 nitrogen and oxygen atoms in total. The molecule has 2 N–H and O–H groups in total. The van der Waals surface area contributed by atoms with Gasteiger partial charge in [0, 0.05) is 5.69 Å². The van der Waals surface area contributed by atoms with Gasteiger partial charge in [0.25, 0.3) is 0 Å². The molecule has 0 aliphatic rings. The Bertz CT molecular complexity index is 536. The molecule has 0 unspecified atom stereocenters. The van der Waals surface area contributed by atoms with Crippen LogP contribution < -0.4 is 5.32 Å². The van der Waals surface area contributed by atoms with E-state index in [4.69, 9.17) is 9.63 Å². The van der Waals surface area contributed by atoms with Crippen LogP contribution in [-0.2, 0) is 6.54 Å². The van der Waals surface area contributed by atoms with Crippen molar-refractivity contribution in [1.29, 1.82) is 0 Å². The van der Waals surface area contributed by atoms with Gasteiger partial charge in [-0.05, 0) is 19.1 Å². The molecule has 88 valence electrons. The molecule has 0 atom stereocenters. The number of carboxylic acids is 1. The fourth-order valence-electron chi connectivity index (χ4n) is 1.41. The van der Waals surface area contributed by atoms with Crippen LogP contribution >= 0.6 is 0 Å². The fraction of sp³-hybridized carbons (Fsp3) is 0.182. The quantitative estimate of drug-likeness (QED) is 0.835. The van der Waals surface area contributed by atoms with Gasteiger partial charge in [0.2, 0.25) is 5.89 Å². The Morgan fingerprint density at radius 1 is 1.47 bits per heavy atom. The number of nitrogens with one attached hydrogen (secondary N) is 1. The molecular formula is C11H11N3O3. The van der Waals surface area contributed by atoms with Crippen molar-refractivity contribution in [2.75, 3.05) is 5.32 Å². The van der Waals surface area contributed by atoms with Crippen molar-refractivity contribution in [3.05, 3.63) is 41.5 Å². The van der Waals surface area contributed by atoms with E-state index in [1.54, 1.807) is 25.1 Å². The first kappa shape index (κ1) is 11.1. The van der Waals surface area contributed by atoms with E-state index < -0.39 is 5.97 Å². The van der Waals surface area contributed by atoms with Gasteiger partial charge in [-0.25, -0.2) is 4.79 Å². The van der Waals surface area contributed by atoms with E-state index in [0.717, 1.165) is 0 Å². The van der Waals surface area contributed by atoms with Crippen LogP contribution in [0.3, 0.4) is 0 Å². The summed E-state index contributed by atoms with van der Waals surface area (Å²) in [6.07, 6.45) is 0. The molecule has 0 bridgehead atoms. The predicted octanol–water partition coefficient (Wildman–Crippen LogP) is 1.69. The number of para-hydroxylation sites is 1. The number of benzene rings is 1. The Labute approximate surface area is 97.3 Å². The smallest absolute Gasteiger partial charge is 0.337 e. The molecular weight excluding hydrogens is 222 g/mol. The summed E-state index contributed by atoms with van der Waals surface area (Å²) >= 11 is 0. The van der Waals surface area contributed by atoms with Crippen LogP contribution in [0.5, 0.6) is 0 Å². The summed E-state index contributed by atoms with van der Waals surface area (Å²) in [6.45, 7) is 2.02. The van der Waals surface area contributed by atoms with E-state index in [1.165, 1.54) is 6.07 Å². The van der Waals surface area contributed by atoms with Gasteiger partial charge in [0.05, 0.1) is 12.1 Å². The maximum atomic E-state index is 10.9. The molecule has 0 aliphatic carbocycles. The van der Waals surface area contributed by atoms with Crippen LogP contribution in [0.1, 0.15) is 22.1 Å². The van der Waals surface area contributed by atoms with Gasteiger partial charge in [-0.3, -0.25) is 0 Å². The SMILES string of the molecule is Cc1noc(CNc2ccccc2C(=O)O)n1. The molecule has 0 radical (unpaired) electrons. The average molecular weight is 233 g/mol. The molecule has 2 aromatic rings. The fourth-order valence-corrected chi connectivity index (χ4v) is 1.41. The summed E-state index contributed by atoms with van der Waals surface area (Å²) < 4.78 is 4.92. The van der Waals surface area contributed by atoms with Gasteiger partial charge in [-0.1, -0.05) is 17.3 Å². The minimum atomic E-state index is -0.977. The molecule has 0 spiro atoms. The maximum absolute atomic E-state index is 10.9. The number of aryl methyl sites for hydroxylation is 1. The number of aromatic nitrogens is 2. The highest BCUT2D eigenvalue weighted by molar-refractivity contribution is 5.94. The Hall–Kier alpha value is -2.37. The third-order valence-electron chi connectivity index (χ3n) is 2.16. The summed E-state index contributed by atoms with van der Waals surface area (Å²) in [4.78, 5) is 15.0. The van der Waals surface area contributed by atoms with Crippen molar-refractivity contribution in [1.82, 2.24) is 10.1 Å². The maximum Gasteiger partial charge on any atom is 0.337 e. The minimum absolute atomic E-state index is 0.212. The Balaban J connectivity index is 2.11. The normalized spacial score (nSPS) is 10.2. The number of aromatic carboxylic acids is 1. The molecule has 0 aliphatic heterocycles. The van der Waals surface area contributed by atoms with E-state index >= 15 is 0 Å². The monoisotopic (exact) mass is 233 g/mol. The lowest BCUT2D eigenvalue weighted by molar-refractivity contribution is 0.0698. The zero-order chi connectivity index (χ0) is 12.3. The van der Waals surface area contributed by atoms with Crippen LogP contribution in [-0.4, -0.2) is 21.2 Å². The van der Waals surface area contributed by atoms with E-state index in [0.29, 0.717) is 23.9 Å². The Morgan fingerprint density at radius 3 is 2.88 bits per heavy atom. The van der Waals surface area contributed by atoms with E-state index in [2.05, 4.69) is 15.5 Å². The van der Waals surface area contributed by atoms with Crippen LogP contribution in [0.25, 0.3) is 0 Å². The number of carboxylic acid groups (broad SMARTS) is 1. The number of carbonyl (C=O) groups is 1. The third kappa shape index (κ3) is 2.60. The predicted molar refractivity (Wildman–Crippen MR) is 59.8 cm³/mol. The van der Waals surface area contributed by atoms with Gasteiger partial charge < -0.3 is 14.9 Å². The lowest BCUT2D eigenvalue weighted by Crippen LogP contribution is -2.06. The van der Waals surface area contributed by atoms with Gasteiger partial charge in [-0.2, -0.15) is 4.98 Å². The van der Waals surface area contributed by atoms with Crippen LogP contribution in [0.2, 0.25) is 0 Å². The highest BCUT2D eigenvalue weighted by atomic mass is 16.5. The summed E-state index contributed by atoms with van der Waals surface area (Å²) in [5.74, 6) is -0.00850. The Morgan fingerprint density at radius 2 is 2.24 bits per heavy atom. The first-order valence-corrected chi connectivity index (χ1v) is 5.02. The zero-order valence-electron chi connectivity index (χ0n) is 9.17. The van der Waals surface area contributed by atoms with Gasteiger partial charge >= 0.3 is 5.97 Å². The van der Waals surface area contributed by atoms with Crippen molar-refractivity contribution in [2.45, 2.75) is 13.5 Å². The first-order chi connectivity index (χ1) is 8.16. The highest BCUT2D eigenvalue weighted by Crippen LogP contribution is 2.15. The minimum Gasteiger partial charge on any atom is -0.478 e. The van der Waals surface area contributed by atoms with Crippen molar-refractivity contribution < 1.29 is 14.4 Å². The van der Waals surface area contributed by atoms with Crippen LogP contribution in [0, 0.1) is 6.92 Å². The second-order valence-electron chi connectivity index (χ2n) is 3.44. The van der Waals surface area contributed by atoms with Crippen LogP contribution in [0.15, 0.2) is 28.8 Å². The first-order valence-electron chi connectivity index (χ1n) is 5.02. The van der Waals surface area contributed by atoms with Crippen molar-refractivity contribution in [3.8, 4) is 0 Å². The van der Waals surface area contributed by atoms with Crippen molar-refractivity contribution >= 4 is 11.7 Å². The number of anilines is 1. The van der Waals surface area contributed by atoms with E-state index in [1.807, 2.05) is 0 Å². The van der Waals surface area contributed by atoms with Gasteiger partial charge in [0.1, 0.15) is 0 Å². The largest absolute Gasteiger partial charge is 0.478 e. The molecule has 1 heterocycles. The molecule has 1 aromatic heterocycles. The van der Waals surface area contributed by atoms with Crippen molar-refractivity contribution in [2.24, 2.45) is 0 Å². The molecule has 6 heteroatoms. The lowest BCUT2D eigenvalue weighted by Gasteiger charge is -2.06. The summed E-state index contributed by atoms with van der Waals surface area (Å²) in [6, 6.07) is 6.65. The van der Waals surface area contributed by atoms with Gasteiger partial charge in [-0.15, -0.1) is 0 Å². The third-order valence-corrected chi connectivity index (χ3v) is 2.16. The molecule has 1 aromatic carbocycles. The molecule has 0 saturated heterocycles. The van der Waals surface area contributed by atoms with Crippen molar-refractivity contribution in [3.63, 3.8) is 0 Å².